The average molecular weight is 385 g/mol. The second-order valence-electron chi connectivity index (χ2n) is 7.79. The number of hydrogen-bond acceptors (Lipinski definition) is 6. The first-order chi connectivity index (χ1) is 13.1. The molecule has 6 atom stereocenters. The fraction of sp³-hybridized carbons (Fsp3) is 0.500. The third-order valence-corrected chi connectivity index (χ3v) is 7.36. The number of amides is 2. The van der Waals surface area contributed by atoms with Crippen molar-refractivity contribution in [2.75, 3.05) is 13.2 Å². The van der Waals surface area contributed by atoms with Gasteiger partial charge in [-0.2, -0.15) is 0 Å². The van der Waals surface area contributed by atoms with E-state index in [9.17, 15) is 19.2 Å². The highest BCUT2D eigenvalue weighted by Gasteiger charge is 2.66. The molecular formula is C20H19NO5S. The highest BCUT2D eigenvalue weighted by Crippen LogP contribution is 2.65. The maximum Gasteiger partial charge on any atom is 0.308 e. The van der Waals surface area contributed by atoms with Crippen LogP contribution in [0.25, 0.3) is 0 Å². The quantitative estimate of drug-likeness (QED) is 0.323. The number of thiophene rings is 1. The van der Waals surface area contributed by atoms with E-state index in [-0.39, 0.29) is 60.8 Å². The summed E-state index contributed by atoms with van der Waals surface area (Å²) < 4.78 is 5.01. The third-order valence-electron chi connectivity index (χ3n) is 6.45. The molecule has 0 N–H and O–H groups in total. The predicted molar refractivity (Wildman–Crippen MR) is 95.6 cm³/mol. The summed E-state index contributed by atoms with van der Waals surface area (Å²) in [6.07, 6.45) is 5.29. The Labute approximate surface area is 160 Å². The van der Waals surface area contributed by atoms with Crippen LogP contribution >= 0.6 is 11.3 Å². The largest absolute Gasteiger partial charge is 0.457 e. The Hall–Kier alpha value is -2.28. The zero-order valence-corrected chi connectivity index (χ0v) is 15.4. The predicted octanol–water partition coefficient (Wildman–Crippen LogP) is 1.92. The van der Waals surface area contributed by atoms with Crippen LogP contribution in [0.3, 0.4) is 0 Å². The monoisotopic (exact) mass is 385 g/mol. The molecular weight excluding hydrogens is 366 g/mol. The first-order valence-electron chi connectivity index (χ1n) is 9.32. The lowest BCUT2D eigenvalue weighted by atomic mass is 9.63. The van der Waals surface area contributed by atoms with Gasteiger partial charge in [-0.25, -0.2) is 0 Å². The van der Waals surface area contributed by atoms with E-state index in [1.54, 1.807) is 17.5 Å². The summed E-state index contributed by atoms with van der Waals surface area (Å²) in [6.45, 7) is -0.282. The van der Waals surface area contributed by atoms with Gasteiger partial charge >= 0.3 is 5.97 Å². The summed E-state index contributed by atoms with van der Waals surface area (Å²) in [5.41, 5.74) is 0. The van der Waals surface area contributed by atoms with Crippen molar-refractivity contribution < 1.29 is 23.9 Å². The van der Waals surface area contributed by atoms with Gasteiger partial charge in [-0.3, -0.25) is 24.1 Å². The van der Waals surface area contributed by atoms with Crippen molar-refractivity contribution in [3.8, 4) is 0 Å². The van der Waals surface area contributed by atoms with Gasteiger partial charge < -0.3 is 4.74 Å². The molecule has 2 bridgehead atoms. The molecule has 7 heteroatoms. The van der Waals surface area contributed by atoms with Crippen LogP contribution in [-0.4, -0.2) is 41.6 Å². The van der Waals surface area contributed by atoms with Gasteiger partial charge in [-0.15, -0.1) is 11.3 Å². The molecule has 5 aliphatic rings. The molecule has 27 heavy (non-hydrogen) atoms. The summed E-state index contributed by atoms with van der Waals surface area (Å²) in [6, 6.07) is 3.44. The van der Waals surface area contributed by atoms with Crippen LogP contribution < -0.4 is 0 Å². The average Bonchev–Trinajstić information content (AvgIpc) is 3.25. The Morgan fingerprint density at radius 3 is 2.37 bits per heavy atom. The van der Waals surface area contributed by atoms with Gasteiger partial charge in [0.05, 0.1) is 23.1 Å². The summed E-state index contributed by atoms with van der Waals surface area (Å²) in [5.74, 6) is -0.102. The second-order valence-corrected chi connectivity index (χ2v) is 8.74. The normalized spacial score (nSPS) is 35.2. The topological polar surface area (TPSA) is 80.8 Å². The lowest BCUT2D eigenvalue weighted by molar-refractivity contribution is -0.145. The fourth-order valence-electron chi connectivity index (χ4n) is 5.17. The van der Waals surface area contributed by atoms with Crippen LogP contribution in [0, 0.1) is 35.5 Å². The van der Waals surface area contributed by atoms with Gasteiger partial charge in [0.1, 0.15) is 0 Å². The number of imide groups is 1. The maximum atomic E-state index is 12.8. The molecule has 140 valence electrons. The van der Waals surface area contributed by atoms with E-state index in [0.717, 1.165) is 6.42 Å². The molecule has 0 radical (unpaired) electrons. The van der Waals surface area contributed by atoms with E-state index >= 15 is 0 Å². The molecule has 0 unspecified atom stereocenters. The highest BCUT2D eigenvalue weighted by atomic mass is 32.1. The fourth-order valence-corrected chi connectivity index (χ4v) is 5.82. The highest BCUT2D eigenvalue weighted by molar-refractivity contribution is 7.12. The van der Waals surface area contributed by atoms with Crippen LogP contribution in [-0.2, 0) is 19.1 Å². The van der Waals surface area contributed by atoms with Crippen molar-refractivity contribution in [3.05, 3.63) is 34.5 Å². The number of allylic oxidation sites excluding steroid dienone is 2. The summed E-state index contributed by atoms with van der Waals surface area (Å²) >= 11 is 1.29. The van der Waals surface area contributed by atoms with Gasteiger partial charge in [-0.1, -0.05) is 18.2 Å². The first kappa shape index (κ1) is 16.9. The molecule has 6 nitrogen and oxygen atoms in total. The lowest BCUT2D eigenvalue weighted by Gasteiger charge is -2.37. The zero-order valence-electron chi connectivity index (χ0n) is 14.6. The third kappa shape index (κ3) is 2.59. The first-order valence-corrected chi connectivity index (χ1v) is 10.2. The summed E-state index contributed by atoms with van der Waals surface area (Å²) in [4.78, 5) is 51.2. The van der Waals surface area contributed by atoms with Gasteiger partial charge in [0, 0.05) is 6.54 Å². The van der Waals surface area contributed by atoms with Crippen molar-refractivity contribution in [2.45, 2.75) is 12.8 Å². The van der Waals surface area contributed by atoms with Crippen LogP contribution in [0.2, 0.25) is 0 Å². The van der Waals surface area contributed by atoms with Crippen molar-refractivity contribution in [3.63, 3.8) is 0 Å². The number of hydrogen-bond donors (Lipinski definition) is 0. The molecule has 2 saturated carbocycles. The number of ketones is 1. The molecule has 0 spiro atoms. The van der Waals surface area contributed by atoms with Gasteiger partial charge in [0.25, 0.3) is 0 Å². The Morgan fingerprint density at radius 1 is 1.11 bits per heavy atom. The molecule has 1 aromatic rings. The molecule has 2 heterocycles. The Kier molecular flexibility index (Phi) is 3.82. The number of nitrogens with zero attached hydrogens (tertiary/aromatic N) is 1. The van der Waals surface area contributed by atoms with E-state index in [0.29, 0.717) is 16.7 Å². The van der Waals surface area contributed by atoms with Crippen molar-refractivity contribution in [1.29, 1.82) is 0 Å². The van der Waals surface area contributed by atoms with Gasteiger partial charge in [-0.05, 0) is 41.5 Å². The standard InChI is InChI=1S/C20H19NO5S/c22-14(15-2-1-7-27-15)9-26-16(23)5-6-21-19(24)17-10-3-4-11(13-8-12(10)13)18(17)20(21)25/h1-4,7,10-13,17-18H,5-6,8-9H2/t10-,11+,12-,13-,17+,18-/m1/s1. The number of Topliss-reactive ketones (excluding diaryl/α,β-unsaturated/α-hetero) is 1. The minimum absolute atomic E-state index is 0.0332. The Balaban J connectivity index is 1.17. The smallest absolute Gasteiger partial charge is 0.308 e. The van der Waals surface area contributed by atoms with Crippen molar-refractivity contribution >= 4 is 34.9 Å². The zero-order chi connectivity index (χ0) is 18.7. The Morgan fingerprint density at radius 2 is 1.78 bits per heavy atom. The van der Waals surface area contributed by atoms with E-state index in [2.05, 4.69) is 12.2 Å². The molecule has 6 rings (SSSR count). The van der Waals surface area contributed by atoms with Gasteiger partial charge in [0.2, 0.25) is 17.6 Å². The van der Waals surface area contributed by atoms with Gasteiger partial charge in [0.15, 0.2) is 6.61 Å². The second kappa shape index (κ2) is 6.12. The van der Waals surface area contributed by atoms with E-state index in [4.69, 9.17) is 4.74 Å². The SMILES string of the molecule is O=C(CCN1C(=O)[C@@H]2[C@H]3C=C[C@H]([C@H]4C[C@H]34)[C@@H]2C1=O)OCC(=O)c1cccs1. The Bertz CT molecular complexity index is 824. The van der Waals surface area contributed by atoms with Crippen molar-refractivity contribution in [2.24, 2.45) is 35.5 Å². The molecule has 3 fully saturated rings. The summed E-state index contributed by atoms with van der Waals surface area (Å²) in [5, 5.41) is 1.78. The van der Waals surface area contributed by atoms with Crippen LogP contribution in [0.15, 0.2) is 29.7 Å². The number of carbonyl (C=O) groups is 4. The minimum Gasteiger partial charge on any atom is -0.457 e. The molecule has 0 aromatic carbocycles. The van der Waals surface area contributed by atoms with Crippen molar-refractivity contribution in [1.82, 2.24) is 4.90 Å². The summed E-state index contributed by atoms with van der Waals surface area (Å²) in [7, 11) is 0. The molecule has 1 aliphatic heterocycles. The number of carbonyl (C=O) groups excluding carboxylic acids is 4. The van der Waals surface area contributed by atoms with E-state index < -0.39 is 5.97 Å². The molecule has 4 aliphatic carbocycles. The molecule has 1 saturated heterocycles. The molecule has 2 amide bonds. The van der Waals surface area contributed by atoms with E-state index in [1.807, 2.05) is 0 Å². The maximum absolute atomic E-state index is 12.8. The lowest BCUT2D eigenvalue weighted by Crippen LogP contribution is -2.40. The minimum atomic E-state index is -0.570. The van der Waals surface area contributed by atoms with E-state index in [1.165, 1.54) is 16.2 Å². The number of ether oxygens (including phenoxy) is 1. The number of esters is 1. The van der Waals surface area contributed by atoms with Crippen LogP contribution in [0.1, 0.15) is 22.5 Å². The molecule has 1 aromatic heterocycles. The van der Waals surface area contributed by atoms with Crippen LogP contribution in [0.4, 0.5) is 0 Å². The van der Waals surface area contributed by atoms with Crippen LogP contribution in [0.5, 0.6) is 0 Å². The number of rotatable bonds is 6. The number of likely N-dealkylation sites (tertiary alicyclic amines) is 1.